The van der Waals surface area contributed by atoms with Gasteiger partial charge in [-0.1, -0.05) is 17.7 Å². The third kappa shape index (κ3) is 3.01. The number of rotatable bonds is 2. The van der Waals surface area contributed by atoms with Gasteiger partial charge >= 0.3 is 0 Å². The topological polar surface area (TPSA) is 42.0 Å². The van der Waals surface area contributed by atoms with Crippen LogP contribution in [-0.2, 0) is 0 Å². The lowest BCUT2D eigenvalue weighted by molar-refractivity contribution is 0.102. The maximum Gasteiger partial charge on any atom is 0.256 e. The first kappa shape index (κ1) is 11.5. The van der Waals surface area contributed by atoms with Crippen LogP contribution in [0.15, 0.2) is 42.5 Å². The second-order valence-electron chi connectivity index (χ2n) is 3.31. The number of anilines is 1. The van der Waals surface area contributed by atoms with E-state index >= 15 is 0 Å². The number of halogens is 2. The zero-order valence-electron chi connectivity index (χ0n) is 8.65. The highest BCUT2D eigenvalue weighted by molar-refractivity contribution is 6.29. The van der Waals surface area contributed by atoms with Gasteiger partial charge in [-0.05, 0) is 36.4 Å². The summed E-state index contributed by atoms with van der Waals surface area (Å²) in [5.74, 6) is -0.394. The van der Waals surface area contributed by atoms with Crippen LogP contribution in [-0.4, -0.2) is 10.9 Å². The number of hydrogen-bond acceptors (Lipinski definition) is 2. The summed E-state index contributed by atoms with van der Waals surface area (Å²) in [6.45, 7) is 0. The predicted octanol–water partition coefficient (Wildman–Crippen LogP) is 3.13. The minimum Gasteiger partial charge on any atom is -0.307 e. The smallest absolute Gasteiger partial charge is 0.256 e. The first-order valence-electron chi connectivity index (χ1n) is 4.84. The van der Waals surface area contributed by atoms with Gasteiger partial charge in [-0.25, -0.2) is 9.37 Å². The fourth-order valence-corrected chi connectivity index (χ4v) is 1.43. The summed E-state index contributed by atoms with van der Waals surface area (Å²) in [5.41, 5.74) is 0.355. The van der Waals surface area contributed by atoms with Gasteiger partial charge in [0.1, 0.15) is 16.8 Å². The fraction of sp³-hybridized carbons (Fsp3) is 0. The van der Waals surface area contributed by atoms with E-state index in [1.54, 1.807) is 18.2 Å². The van der Waals surface area contributed by atoms with Crippen LogP contribution < -0.4 is 5.32 Å². The summed E-state index contributed by atoms with van der Waals surface area (Å²) in [4.78, 5) is 15.6. The van der Waals surface area contributed by atoms with Gasteiger partial charge in [-0.3, -0.25) is 4.79 Å². The molecule has 86 valence electrons. The highest BCUT2D eigenvalue weighted by Crippen LogP contribution is 2.11. The van der Waals surface area contributed by atoms with E-state index in [1.165, 1.54) is 24.3 Å². The summed E-state index contributed by atoms with van der Waals surface area (Å²) in [7, 11) is 0. The molecule has 0 saturated heterocycles. The predicted molar refractivity (Wildman–Crippen MR) is 63.6 cm³/mol. The molecule has 1 aromatic heterocycles. The first-order valence-corrected chi connectivity index (χ1v) is 5.22. The zero-order valence-corrected chi connectivity index (χ0v) is 9.41. The van der Waals surface area contributed by atoms with Crippen molar-refractivity contribution in [3.05, 3.63) is 59.0 Å². The van der Waals surface area contributed by atoms with Gasteiger partial charge in [0.15, 0.2) is 0 Å². The van der Waals surface area contributed by atoms with E-state index in [9.17, 15) is 9.18 Å². The summed E-state index contributed by atoms with van der Waals surface area (Å²) in [5, 5.41) is 2.85. The number of pyridine rings is 1. The van der Waals surface area contributed by atoms with E-state index < -0.39 is 0 Å². The molecule has 0 aliphatic heterocycles. The number of aromatic nitrogens is 1. The third-order valence-electron chi connectivity index (χ3n) is 2.06. The molecule has 17 heavy (non-hydrogen) atoms. The van der Waals surface area contributed by atoms with Crippen molar-refractivity contribution in [3.8, 4) is 0 Å². The van der Waals surface area contributed by atoms with Crippen molar-refractivity contribution in [3.63, 3.8) is 0 Å². The van der Waals surface area contributed by atoms with Crippen LogP contribution in [0.1, 0.15) is 10.4 Å². The lowest BCUT2D eigenvalue weighted by Crippen LogP contribution is -2.12. The molecule has 0 fully saturated rings. The highest BCUT2D eigenvalue weighted by atomic mass is 35.5. The molecule has 1 aromatic carbocycles. The monoisotopic (exact) mass is 250 g/mol. The molecule has 0 atom stereocenters. The van der Waals surface area contributed by atoms with Crippen LogP contribution in [0.25, 0.3) is 0 Å². The minimum atomic E-state index is -0.387. The molecule has 0 unspecified atom stereocenters. The molecule has 1 amide bonds. The standard InChI is InChI=1S/C12H8ClFN2O/c13-10-2-1-3-11(15-10)16-12(17)8-4-6-9(14)7-5-8/h1-7H,(H,15,16,17). The summed E-state index contributed by atoms with van der Waals surface area (Å²) >= 11 is 5.68. The van der Waals surface area contributed by atoms with Gasteiger partial charge in [0, 0.05) is 5.56 Å². The van der Waals surface area contributed by atoms with Crippen molar-refractivity contribution in [1.29, 1.82) is 0 Å². The summed E-state index contributed by atoms with van der Waals surface area (Å²) < 4.78 is 12.7. The van der Waals surface area contributed by atoms with Crippen molar-refractivity contribution in [2.75, 3.05) is 5.32 Å². The minimum absolute atomic E-state index is 0.293. The average Bonchev–Trinajstić information content (AvgIpc) is 2.29. The van der Waals surface area contributed by atoms with E-state index in [1.807, 2.05) is 0 Å². The Kier molecular flexibility index (Phi) is 3.35. The van der Waals surface area contributed by atoms with Crippen LogP contribution in [0.2, 0.25) is 5.15 Å². The highest BCUT2D eigenvalue weighted by Gasteiger charge is 2.06. The molecule has 0 saturated carbocycles. The number of benzene rings is 1. The number of carbonyl (C=O) groups excluding carboxylic acids is 1. The van der Waals surface area contributed by atoms with Crippen molar-refractivity contribution >= 4 is 23.3 Å². The third-order valence-corrected chi connectivity index (χ3v) is 2.27. The molecule has 0 radical (unpaired) electrons. The largest absolute Gasteiger partial charge is 0.307 e. The number of nitrogens with zero attached hydrogens (tertiary/aromatic N) is 1. The molecule has 2 rings (SSSR count). The Morgan fingerprint density at radius 2 is 1.88 bits per heavy atom. The number of carbonyl (C=O) groups is 1. The van der Waals surface area contributed by atoms with Gasteiger partial charge < -0.3 is 5.32 Å². The van der Waals surface area contributed by atoms with Gasteiger partial charge in [0.2, 0.25) is 0 Å². The zero-order chi connectivity index (χ0) is 12.3. The second kappa shape index (κ2) is 4.93. The molecule has 0 bridgehead atoms. The van der Waals surface area contributed by atoms with Crippen LogP contribution >= 0.6 is 11.6 Å². The first-order chi connectivity index (χ1) is 8.15. The Bertz CT molecular complexity index is 542. The van der Waals surface area contributed by atoms with Crippen molar-refractivity contribution in [1.82, 2.24) is 4.98 Å². The normalized spacial score (nSPS) is 10.0. The maximum absolute atomic E-state index is 12.7. The van der Waals surface area contributed by atoms with Gasteiger partial charge in [0.05, 0.1) is 0 Å². The van der Waals surface area contributed by atoms with E-state index in [-0.39, 0.29) is 11.7 Å². The summed E-state index contributed by atoms with van der Waals surface area (Å²) in [6, 6.07) is 10.1. The fourth-order valence-electron chi connectivity index (χ4n) is 1.27. The van der Waals surface area contributed by atoms with Crippen molar-refractivity contribution < 1.29 is 9.18 Å². The number of hydrogen-bond donors (Lipinski definition) is 1. The Morgan fingerprint density at radius 1 is 1.18 bits per heavy atom. The van der Waals surface area contributed by atoms with E-state index in [0.717, 1.165) is 0 Å². The molecule has 5 heteroatoms. The van der Waals surface area contributed by atoms with Gasteiger partial charge in [-0.2, -0.15) is 0 Å². The molecule has 0 spiro atoms. The van der Waals surface area contributed by atoms with Gasteiger partial charge in [0.25, 0.3) is 5.91 Å². The number of nitrogens with one attached hydrogen (secondary N) is 1. The van der Waals surface area contributed by atoms with Crippen molar-refractivity contribution in [2.45, 2.75) is 0 Å². The molecular weight excluding hydrogens is 243 g/mol. The lowest BCUT2D eigenvalue weighted by atomic mass is 10.2. The Balaban J connectivity index is 2.14. The Labute approximate surface area is 102 Å². The van der Waals surface area contributed by atoms with Crippen LogP contribution in [0.3, 0.4) is 0 Å². The molecular formula is C12H8ClFN2O. The molecule has 3 nitrogen and oxygen atoms in total. The molecule has 2 aromatic rings. The quantitative estimate of drug-likeness (QED) is 0.832. The Hall–Kier alpha value is -1.94. The lowest BCUT2D eigenvalue weighted by Gasteiger charge is -2.04. The number of amides is 1. The maximum atomic E-state index is 12.7. The van der Waals surface area contributed by atoms with E-state index in [2.05, 4.69) is 10.3 Å². The van der Waals surface area contributed by atoms with E-state index in [4.69, 9.17) is 11.6 Å². The van der Waals surface area contributed by atoms with Crippen molar-refractivity contribution in [2.24, 2.45) is 0 Å². The average molecular weight is 251 g/mol. The molecule has 1 N–H and O–H groups in total. The van der Waals surface area contributed by atoms with E-state index in [0.29, 0.717) is 16.5 Å². The van der Waals surface area contributed by atoms with Gasteiger partial charge in [-0.15, -0.1) is 0 Å². The van der Waals surface area contributed by atoms with Crippen LogP contribution in [0.4, 0.5) is 10.2 Å². The molecule has 0 aliphatic carbocycles. The SMILES string of the molecule is O=C(Nc1cccc(Cl)n1)c1ccc(F)cc1. The second-order valence-corrected chi connectivity index (χ2v) is 3.69. The Morgan fingerprint density at radius 3 is 2.53 bits per heavy atom. The molecule has 1 heterocycles. The molecule has 0 aliphatic rings. The van der Waals surface area contributed by atoms with Crippen LogP contribution in [0, 0.1) is 5.82 Å². The van der Waals surface area contributed by atoms with Crippen LogP contribution in [0.5, 0.6) is 0 Å². The summed E-state index contributed by atoms with van der Waals surface area (Å²) in [6.07, 6.45) is 0.